The minimum absolute atomic E-state index is 0.274. The molecule has 2 aromatic rings. The molecule has 1 fully saturated rings. The molecule has 1 heterocycles. The second-order valence-electron chi connectivity index (χ2n) is 7.11. The van der Waals surface area contributed by atoms with Crippen LogP contribution in [0.15, 0.2) is 30.3 Å². The van der Waals surface area contributed by atoms with E-state index in [1.54, 1.807) is 42.2 Å². The number of hydrogen-bond acceptors (Lipinski definition) is 6. The summed E-state index contributed by atoms with van der Waals surface area (Å²) in [4.78, 5) is 15.3. The maximum Gasteiger partial charge on any atom is 0.254 e. The molecule has 0 bridgehead atoms. The molecular weight excluding hydrogens is 445 g/mol. The van der Waals surface area contributed by atoms with Crippen LogP contribution in [-0.2, 0) is 4.74 Å². The maximum absolute atomic E-state index is 13.6. The average molecular weight is 470 g/mol. The van der Waals surface area contributed by atoms with Crippen LogP contribution in [0, 0.1) is 0 Å². The molecule has 0 radical (unpaired) electrons. The van der Waals surface area contributed by atoms with Crippen molar-refractivity contribution in [3.63, 3.8) is 0 Å². The number of carbonyl (C=O) groups excluding carboxylic acids is 1. The first-order valence-corrected chi connectivity index (χ1v) is 10.4. The Morgan fingerprint density at radius 1 is 1.10 bits per heavy atom. The van der Waals surface area contributed by atoms with Crippen molar-refractivity contribution < 1.29 is 28.8 Å². The van der Waals surface area contributed by atoms with Crippen molar-refractivity contribution in [2.75, 3.05) is 34.5 Å². The van der Waals surface area contributed by atoms with Crippen molar-refractivity contribution in [1.82, 2.24) is 4.90 Å². The number of amides is 1. The first-order chi connectivity index (χ1) is 14.8. The number of rotatable bonds is 6. The Morgan fingerprint density at radius 2 is 1.74 bits per heavy atom. The molecule has 3 atom stereocenters. The molecule has 3 rings (SSSR count). The number of halogens is 2. The second-order valence-corrected chi connectivity index (χ2v) is 7.92. The lowest BCUT2D eigenvalue weighted by atomic mass is 9.94. The first-order valence-electron chi connectivity index (χ1n) is 9.68. The van der Waals surface area contributed by atoms with Gasteiger partial charge in [-0.3, -0.25) is 4.79 Å². The van der Waals surface area contributed by atoms with Crippen LogP contribution in [-0.4, -0.2) is 62.6 Å². The summed E-state index contributed by atoms with van der Waals surface area (Å²) >= 11 is 12.3. The van der Waals surface area contributed by atoms with Gasteiger partial charge in [0.1, 0.15) is 6.10 Å². The van der Waals surface area contributed by atoms with Crippen LogP contribution in [0.5, 0.6) is 17.2 Å². The lowest BCUT2D eigenvalue weighted by Gasteiger charge is -2.42. The molecule has 2 unspecified atom stereocenters. The molecule has 168 valence electrons. The van der Waals surface area contributed by atoms with Crippen molar-refractivity contribution in [3.8, 4) is 17.2 Å². The topological polar surface area (TPSA) is 77.5 Å². The van der Waals surface area contributed by atoms with E-state index in [1.807, 2.05) is 0 Å². The Kier molecular flexibility index (Phi) is 7.54. The maximum atomic E-state index is 13.6. The van der Waals surface area contributed by atoms with Gasteiger partial charge in [-0.15, -0.1) is 0 Å². The van der Waals surface area contributed by atoms with E-state index >= 15 is 0 Å². The van der Waals surface area contributed by atoms with Gasteiger partial charge in [-0.05, 0) is 36.8 Å². The number of hydrogen-bond donors (Lipinski definition) is 1. The van der Waals surface area contributed by atoms with Crippen LogP contribution in [0.1, 0.15) is 28.9 Å². The van der Waals surface area contributed by atoms with Crippen LogP contribution in [0.25, 0.3) is 0 Å². The van der Waals surface area contributed by atoms with Gasteiger partial charge in [-0.2, -0.15) is 0 Å². The van der Waals surface area contributed by atoms with Gasteiger partial charge in [-0.25, -0.2) is 0 Å². The third-order valence-corrected chi connectivity index (χ3v) is 5.96. The zero-order valence-corrected chi connectivity index (χ0v) is 19.2. The molecule has 1 aliphatic rings. The SMILES string of the molecule is COc1cc(C(=O)N2CCO[C@@H](C(C)O)C2c2ccc(Cl)c(Cl)c2)cc(OC)c1OC. The van der Waals surface area contributed by atoms with E-state index in [9.17, 15) is 9.90 Å². The van der Waals surface area contributed by atoms with E-state index < -0.39 is 18.2 Å². The predicted octanol–water partition coefficient (Wildman–Crippen LogP) is 3.98. The highest BCUT2D eigenvalue weighted by molar-refractivity contribution is 6.42. The van der Waals surface area contributed by atoms with Crippen LogP contribution in [0.4, 0.5) is 0 Å². The fourth-order valence-electron chi connectivity index (χ4n) is 3.76. The summed E-state index contributed by atoms with van der Waals surface area (Å²) in [5.74, 6) is 0.865. The molecule has 31 heavy (non-hydrogen) atoms. The molecular formula is C22H25Cl2NO6. The van der Waals surface area contributed by atoms with Gasteiger partial charge in [0.2, 0.25) is 5.75 Å². The molecule has 1 saturated heterocycles. The Morgan fingerprint density at radius 3 is 2.26 bits per heavy atom. The Balaban J connectivity index is 2.07. The number of carbonyl (C=O) groups is 1. The van der Waals surface area contributed by atoms with E-state index in [4.69, 9.17) is 42.1 Å². The standard InChI is InChI=1S/C22H25Cl2NO6/c1-12(26)20-19(13-5-6-15(23)16(24)9-13)25(7-8-31-20)22(27)14-10-17(28-2)21(30-4)18(11-14)29-3/h5-6,9-12,19-20,26H,7-8H2,1-4H3/t12?,19?,20-/m0/s1. The number of ether oxygens (including phenoxy) is 4. The van der Waals surface area contributed by atoms with Gasteiger partial charge in [0.05, 0.1) is 50.1 Å². The predicted molar refractivity (Wildman–Crippen MR) is 118 cm³/mol. The fraction of sp³-hybridized carbons (Fsp3) is 0.409. The van der Waals surface area contributed by atoms with E-state index in [1.165, 1.54) is 21.3 Å². The Bertz CT molecular complexity index is 927. The highest BCUT2D eigenvalue weighted by Crippen LogP contribution is 2.40. The third kappa shape index (κ3) is 4.70. The minimum atomic E-state index is -0.824. The monoisotopic (exact) mass is 469 g/mol. The summed E-state index contributed by atoms with van der Waals surface area (Å²) < 4.78 is 21.9. The zero-order chi connectivity index (χ0) is 22.7. The molecule has 2 aromatic carbocycles. The molecule has 7 nitrogen and oxygen atoms in total. The Hall–Kier alpha value is -2.19. The summed E-state index contributed by atoms with van der Waals surface area (Å²) in [7, 11) is 4.47. The molecule has 1 amide bonds. The molecule has 0 spiro atoms. The van der Waals surface area contributed by atoms with Crippen LogP contribution >= 0.6 is 23.2 Å². The summed E-state index contributed by atoms with van der Waals surface area (Å²) in [6.45, 7) is 2.23. The molecule has 0 aliphatic carbocycles. The molecule has 9 heteroatoms. The Labute approximate surface area is 191 Å². The minimum Gasteiger partial charge on any atom is -0.493 e. The number of methoxy groups -OCH3 is 3. The highest BCUT2D eigenvalue weighted by atomic mass is 35.5. The van der Waals surface area contributed by atoms with Crippen LogP contribution in [0.3, 0.4) is 0 Å². The summed E-state index contributed by atoms with van der Waals surface area (Å²) in [6.07, 6.45) is -1.47. The van der Waals surface area contributed by atoms with E-state index in [0.29, 0.717) is 45.0 Å². The summed E-state index contributed by atoms with van der Waals surface area (Å²) in [6, 6.07) is 7.75. The van der Waals surface area contributed by atoms with Gasteiger partial charge in [0, 0.05) is 12.1 Å². The largest absolute Gasteiger partial charge is 0.493 e. The van der Waals surface area contributed by atoms with Crippen LogP contribution < -0.4 is 14.2 Å². The number of morpholine rings is 1. The third-order valence-electron chi connectivity index (χ3n) is 5.22. The summed E-state index contributed by atoms with van der Waals surface area (Å²) in [5.41, 5.74) is 1.06. The normalized spacial score (nSPS) is 19.6. The highest BCUT2D eigenvalue weighted by Gasteiger charge is 2.39. The fourth-order valence-corrected chi connectivity index (χ4v) is 4.07. The van der Waals surface area contributed by atoms with Crippen molar-refractivity contribution in [2.24, 2.45) is 0 Å². The number of aliphatic hydroxyl groups excluding tert-OH is 1. The first kappa shape index (κ1) is 23.5. The number of aliphatic hydroxyl groups is 1. The number of benzene rings is 2. The molecule has 0 aromatic heterocycles. The van der Waals surface area contributed by atoms with Gasteiger partial charge in [0.15, 0.2) is 11.5 Å². The van der Waals surface area contributed by atoms with Gasteiger partial charge in [0.25, 0.3) is 5.91 Å². The lowest BCUT2D eigenvalue weighted by Crippen LogP contribution is -2.51. The van der Waals surface area contributed by atoms with Crippen molar-refractivity contribution >= 4 is 29.1 Å². The van der Waals surface area contributed by atoms with Gasteiger partial charge in [-0.1, -0.05) is 29.3 Å². The zero-order valence-electron chi connectivity index (χ0n) is 17.7. The number of nitrogens with zero attached hydrogens (tertiary/aromatic N) is 1. The molecule has 1 N–H and O–H groups in total. The van der Waals surface area contributed by atoms with Crippen LogP contribution in [0.2, 0.25) is 10.0 Å². The van der Waals surface area contributed by atoms with E-state index in [-0.39, 0.29) is 12.5 Å². The van der Waals surface area contributed by atoms with Crippen molar-refractivity contribution in [3.05, 3.63) is 51.5 Å². The van der Waals surface area contributed by atoms with E-state index in [2.05, 4.69) is 0 Å². The van der Waals surface area contributed by atoms with E-state index in [0.717, 1.165) is 0 Å². The molecule has 1 aliphatic heterocycles. The van der Waals surface area contributed by atoms with Gasteiger partial charge < -0.3 is 29.0 Å². The molecule has 0 saturated carbocycles. The summed E-state index contributed by atoms with van der Waals surface area (Å²) in [5, 5.41) is 11.1. The second kappa shape index (κ2) is 9.96. The lowest BCUT2D eigenvalue weighted by molar-refractivity contribution is -0.108. The quantitative estimate of drug-likeness (QED) is 0.689. The van der Waals surface area contributed by atoms with Crippen molar-refractivity contribution in [1.29, 1.82) is 0 Å². The van der Waals surface area contributed by atoms with Crippen molar-refractivity contribution in [2.45, 2.75) is 25.2 Å². The smallest absolute Gasteiger partial charge is 0.254 e. The average Bonchev–Trinajstić information content (AvgIpc) is 2.78. The van der Waals surface area contributed by atoms with Gasteiger partial charge >= 0.3 is 0 Å².